The molecule has 3 rings (SSSR count). The molecular formula is C29H40O5Si. The first kappa shape index (κ1) is 27.1. The van der Waals surface area contributed by atoms with Gasteiger partial charge in [-0.15, -0.1) is 0 Å². The summed E-state index contributed by atoms with van der Waals surface area (Å²) in [6, 6.07) is 20.7. The van der Waals surface area contributed by atoms with Crippen LogP contribution < -0.4 is 10.4 Å². The van der Waals surface area contributed by atoms with Crippen LogP contribution in [-0.4, -0.2) is 39.1 Å². The van der Waals surface area contributed by atoms with Gasteiger partial charge in [0, 0.05) is 0 Å². The van der Waals surface area contributed by atoms with Crippen molar-refractivity contribution in [2.24, 2.45) is 5.92 Å². The molecule has 0 radical (unpaired) electrons. The molecule has 3 atom stereocenters. The van der Waals surface area contributed by atoms with Gasteiger partial charge in [0.25, 0.3) is 8.32 Å². The van der Waals surface area contributed by atoms with Gasteiger partial charge in [-0.05, 0) is 28.8 Å². The molecule has 2 aromatic rings. The molecule has 0 aromatic heterocycles. The van der Waals surface area contributed by atoms with Gasteiger partial charge in [0.2, 0.25) is 0 Å². The zero-order valence-electron chi connectivity index (χ0n) is 21.8. The number of ether oxygens (including phenoxy) is 2. The standard InChI is InChI=1S/C29H40O5Si/c1-6-7-8-11-16-23(21-30)26-29(5,34-27(31)33-26)22-32-35(28(2,3)4,24-17-12-9-13-18-24)25-19-14-10-15-20-25/h9-10,12-15,17-21,23,26H,6-8,11,16,22H2,1-5H3/t23-,26+,29?/m0/s1. The van der Waals surface area contributed by atoms with Crippen molar-refractivity contribution in [3.63, 3.8) is 0 Å². The van der Waals surface area contributed by atoms with Crippen LogP contribution >= 0.6 is 0 Å². The number of rotatable bonds is 12. The molecule has 0 amide bonds. The molecule has 190 valence electrons. The molecule has 1 heterocycles. The molecule has 1 unspecified atom stereocenters. The van der Waals surface area contributed by atoms with E-state index in [1.807, 2.05) is 43.3 Å². The van der Waals surface area contributed by atoms with Crippen molar-refractivity contribution in [1.82, 2.24) is 0 Å². The average molecular weight is 497 g/mol. The Morgan fingerprint density at radius 2 is 1.57 bits per heavy atom. The summed E-state index contributed by atoms with van der Waals surface area (Å²) in [4.78, 5) is 24.4. The lowest BCUT2D eigenvalue weighted by Gasteiger charge is -2.44. The summed E-state index contributed by atoms with van der Waals surface area (Å²) >= 11 is 0. The predicted molar refractivity (Wildman–Crippen MR) is 142 cm³/mol. The second-order valence-electron chi connectivity index (χ2n) is 10.8. The summed E-state index contributed by atoms with van der Waals surface area (Å²) in [5, 5.41) is 2.08. The van der Waals surface area contributed by atoms with Crippen LogP contribution in [0.15, 0.2) is 60.7 Å². The third-order valence-electron chi connectivity index (χ3n) is 7.09. The van der Waals surface area contributed by atoms with Crippen LogP contribution in [0.5, 0.6) is 0 Å². The number of unbranched alkanes of at least 4 members (excludes halogenated alkanes) is 3. The van der Waals surface area contributed by atoms with E-state index in [0.29, 0.717) is 6.42 Å². The lowest BCUT2D eigenvalue weighted by atomic mass is 9.86. The maximum Gasteiger partial charge on any atom is 0.509 e. The predicted octanol–water partition coefficient (Wildman–Crippen LogP) is 5.64. The zero-order chi connectivity index (χ0) is 25.5. The Balaban J connectivity index is 1.96. The van der Waals surface area contributed by atoms with Crippen molar-refractivity contribution in [3.8, 4) is 0 Å². The van der Waals surface area contributed by atoms with Gasteiger partial charge in [0.15, 0.2) is 11.7 Å². The molecule has 0 saturated carbocycles. The molecule has 1 aliphatic heterocycles. The first-order valence-corrected chi connectivity index (χ1v) is 14.7. The number of benzene rings is 2. The second kappa shape index (κ2) is 11.5. The highest BCUT2D eigenvalue weighted by Gasteiger charge is 2.56. The smallest absolute Gasteiger partial charge is 0.426 e. The van der Waals surface area contributed by atoms with E-state index in [9.17, 15) is 9.59 Å². The van der Waals surface area contributed by atoms with Gasteiger partial charge >= 0.3 is 6.16 Å². The molecule has 0 spiro atoms. The van der Waals surface area contributed by atoms with E-state index in [1.165, 1.54) is 0 Å². The normalized spacial score (nSPS) is 21.3. The van der Waals surface area contributed by atoms with E-state index in [2.05, 4.69) is 52.0 Å². The van der Waals surface area contributed by atoms with Crippen LogP contribution in [0.1, 0.15) is 66.7 Å². The molecular weight excluding hydrogens is 456 g/mol. The van der Waals surface area contributed by atoms with Crippen LogP contribution in [0.25, 0.3) is 0 Å². The highest BCUT2D eigenvalue weighted by atomic mass is 28.4. The Hall–Kier alpha value is -2.44. The van der Waals surface area contributed by atoms with Crippen molar-refractivity contribution < 1.29 is 23.5 Å². The Bertz CT molecular complexity index is 917. The monoisotopic (exact) mass is 496 g/mol. The van der Waals surface area contributed by atoms with Crippen LogP contribution in [0.3, 0.4) is 0 Å². The number of carbonyl (C=O) groups is 2. The summed E-state index contributed by atoms with van der Waals surface area (Å²) in [5.41, 5.74) is -1.06. The van der Waals surface area contributed by atoms with Crippen LogP contribution in [0, 0.1) is 5.92 Å². The molecule has 6 heteroatoms. The minimum atomic E-state index is -2.83. The highest BCUT2D eigenvalue weighted by Crippen LogP contribution is 2.40. The molecule has 35 heavy (non-hydrogen) atoms. The van der Waals surface area contributed by atoms with Crippen LogP contribution in [0.2, 0.25) is 5.04 Å². The Kier molecular flexibility index (Phi) is 8.94. The maximum atomic E-state index is 12.3. The largest absolute Gasteiger partial charge is 0.509 e. The van der Waals surface area contributed by atoms with Crippen molar-refractivity contribution >= 4 is 31.1 Å². The molecule has 5 nitrogen and oxygen atoms in total. The SMILES string of the molecule is CCCCCC[C@@H](C=O)[C@H]1OC(=O)OC1(C)CO[Si](c1ccccc1)(c1ccccc1)C(C)(C)C. The van der Waals surface area contributed by atoms with E-state index < -0.39 is 32.1 Å². The summed E-state index contributed by atoms with van der Waals surface area (Å²) in [6.07, 6.45) is 4.39. The van der Waals surface area contributed by atoms with E-state index in [0.717, 1.165) is 42.3 Å². The van der Waals surface area contributed by atoms with Gasteiger partial charge in [0.1, 0.15) is 6.29 Å². The van der Waals surface area contributed by atoms with Gasteiger partial charge in [0.05, 0.1) is 12.5 Å². The van der Waals surface area contributed by atoms with Crippen molar-refractivity contribution in [1.29, 1.82) is 0 Å². The summed E-state index contributed by atoms with van der Waals surface area (Å²) < 4.78 is 18.4. The topological polar surface area (TPSA) is 61.8 Å². The van der Waals surface area contributed by atoms with Crippen LogP contribution in [-0.2, 0) is 18.7 Å². The second-order valence-corrected chi connectivity index (χ2v) is 15.1. The number of hydrogen-bond donors (Lipinski definition) is 0. The summed E-state index contributed by atoms with van der Waals surface area (Å²) in [6.45, 7) is 10.8. The number of cyclic esters (lactones) is 2. The minimum absolute atomic E-state index is 0.149. The number of aldehydes is 1. The first-order valence-electron chi connectivity index (χ1n) is 12.8. The fourth-order valence-corrected chi connectivity index (χ4v) is 9.92. The van der Waals surface area contributed by atoms with Gasteiger partial charge in [-0.25, -0.2) is 4.79 Å². The molecule has 0 aliphatic carbocycles. The van der Waals surface area contributed by atoms with Gasteiger partial charge in [-0.1, -0.05) is 114 Å². The molecule has 1 fully saturated rings. The van der Waals surface area contributed by atoms with E-state index in [-0.39, 0.29) is 11.6 Å². The molecule has 0 N–H and O–H groups in total. The Morgan fingerprint density at radius 3 is 2.06 bits per heavy atom. The Morgan fingerprint density at radius 1 is 1.00 bits per heavy atom. The molecule has 1 aliphatic rings. The molecule has 0 bridgehead atoms. The lowest BCUT2D eigenvalue weighted by molar-refractivity contribution is -0.117. The maximum absolute atomic E-state index is 12.3. The Labute approximate surface area is 211 Å². The number of hydrogen-bond acceptors (Lipinski definition) is 5. The van der Waals surface area contributed by atoms with Crippen molar-refractivity contribution in [2.45, 2.75) is 83.5 Å². The average Bonchev–Trinajstić information content (AvgIpc) is 3.14. The quantitative estimate of drug-likeness (QED) is 0.165. The van der Waals surface area contributed by atoms with Gasteiger partial charge in [-0.3, -0.25) is 0 Å². The van der Waals surface area contributed by atoms with E-state index in [1.54, 1.807) is 0 Å². The molecule has 2 aromatic carbocycles. The van der Waals surface area contributed by atoms with Crippen LogP contribution in [0.4, 0.5) is 4.79 Å². The van der Waals surface area contributed by atoms with Crippen molar-refractivity contribution in [3.05, 3.63) is 60.7 Å². The number of carbonyl (C=O) groups excluding carboxylic acids is 2. The van der Waals surface area contributed by atoms with E-state index in [4.69, 9.17) is 13.9 Å². The fraction of sp³-hybridized carbons (Fsp3) is 0.517. The minimum Gasteiger partial charge on any atom is -0.426 e. The zero-order valence-corrected chi connectivity index (χ0v) is 22.8. The highest BCUT2D eigenvalue weighted by molar-refractivity contribution is 6.99. The van der Waals surface area contributed by atoms with E-state index >= 15 is 0 Å². The third kappa shape index (κ3) is 5.87. The van der Waals surface area contributed by atoms with Crippen molar-refractivity contribution in [2.75, 3.05) is 6.61 Å². The third-order valence-corrected chi connectivity index (χ3v) is 12.1. The van der Waals surface area contributed by atoms with Gasteiger partial charge in [-0.2, -0.15) is 0 Å². The fourth-order valence-electron chi connectivity index (χ4n) is 5.26. The lowest BCUT2D eigenvalue weighted by Crippen LogP contribution is -2.68. The van der Waals surface area contributed by atoms with Gasteiger partial charge < -0.3 is 18.7 Å². The summed E-state index contributed by atoms with van der Waals surface area (Å²) in [5.74, 6) is -0.425. The summed E-state index contributed by atoms with van der Waals surface area (Å²) in [7, 11) is -2.83. The first-order chi connectivity index (χ1) is 16.7. The molecule has 1 saturated heterocycles.